The number of nitrogens with one attached hydrogen (secondary N) is 2. The Morgan fingerprint density at radius 2 is 1.96 bits per heavy atom. The summed E-state index contributed by atoms with van der Waals surface area (Å²) in [5.41, 5.74) is 0. The van der Waals surface area contributed by atoms with E-state index in [1.54, 1.807) is 6.26 Å². The number of aliphatic imine (C=N–C) groups is 1. The summed E-state index contributed by atoms with van der Waals surface area (Å²) < 4.78 is 5.43. The molecule has 1 aliphatic heterocycles. The SMILES string of the molecule is CC(C)CN=C(NCCc1ccco1)NC1CCN(C2CCCCC2)CC1. The van der Waals surface area contributed by atoms with Crippen molar-refractivity contribution in [1.29, 1.82) is 0 Å². The summed E-state index contributed by atoms with van der Waals surface area (Å²) in [6.45, 7) is 8.59. The summed E-state index contributed by atoms with van der Waals surface area (Å²) in [6, 6.07) is 5.36. The molecule has 1 aromatic heterocycles. The van der Waals surface area contributed by atoms with Gasteiger partial charge in [0, 0.05) is 44.7 Å². The molecule has 2 N–H and O–H groups in total. The second-order valence-electron chi connectivity index (χ2n) is 8.59. The van der Waals surface area contributed by atoms with Crippen LogP contribution in [0.15, 0.2) is 27.8 Å². The fraction of sp³-hybridized carbons (Fsp3) is 0.773. The minimum absolute atomic E-state index is 0.534. The molecule has 0 bridgehead atoms. The largest absolute Gasteiger partial charge is 0.469 e. The highest BCUT2D eigenvalue weighted by molar-refractivity contribution is 5.80. The van der Waals surface area contributed by atoms with Crippen LogP contribution in [0.25, 0.3) is 0 Å². The van der Waals surface area contributed by atoms with E-state index in [-0.39, 0.29) is 0 Å². The molecule has 5 nitrogen and oxygen atoms in total. The van der Waals surface area contributed by atoms with Crippen LogP contribution in [-0.2, 0) is 6.42 Å². The zero-order valence-electron chi connectivity index (χ0n) is 17.3. The van der Waals surface area contributed by atoms with Crippen molar-refractivity contribution in [3.8, 4) is 0 Å². The van der Waals surface area contributed by atoms with Gasteiger partial charge in [-0.1, -0.05) is 33.1 Å². The van der Waals surface area contributed by atoms with Gasteiger partial charge in [0.25, 0.3) is 0 Å². The van der Waals surface area contributed by atoms with Gasteiger partial charge in [0.15, 0.2) is 5.96 Å². The zero-order valence-corrected chi connectivity index (χ0v) is 17.3. The Hall–Kier alpha value is -1.49. The highest BCUT2D eigenvalue weighted by atomic mass is 16.3. The maximum atomic E-state index is 5.43. The van der Waals surface area contributed by atoms with Gasteiger partial charge >= 0.3 is 0 Å². The van der Waals surface area contributed by atoms with E-state index in [4.69, 9.17) is 9.41 Å². The monoisotopic (exact) mass is 374 g/mol. The first-order valence-corrected chi connectivity index (χ1v) is 11.0. The molecule has 27 heavy (non-hydrogen) atoms. The van der Waals surface area contributed by atoms with E-state index in [9.17, 15) is 0 Å². The number of piperidine rings is 1. The molecule has 0 spiro atoms. The number of hydrogen-bond donors (Lipinski definition) is 2. The number of likely N-dealkylation sites (tertiary alicyclic amines) is 1. The summed E-state index contributed by atoms with van der Waals surface area (Å²) in [5, 5.41) is 7.20. The van der Waals surface area contributed by atoms with Crippen molar-refractivity contribution in [2.75, 3.05) is 26.2 Å². The minimum atomic E-state index is 0.534. The van der Waals surface area contributed by atoms with Crippen LogP contribution in [0.4, 0.5) is 0 Å². The fourth-order valence-corrected chi connectivity index (χ4v) is 4.23. The van der Waals surface area contributed by atoms with Crippen molar-refractivity contribution < 1.29 is 4.42 Å². The summed E-state index contributed by atoms with van der Waals surface area (Å²) in [6.07, 6.45) is 12.2. The van der Waals surface area contributed by atoms with E-state index >= 15 is 0 Å². The van der Waals surface area contributed by atoms with E-state index < -0.39 is 0 Å². The molecule has 1 saturated heterocycles. The van der Waals surface area contributed by atoms with Crippen LogP contribution >= 0.6 is 0 Å². The van der Waals surface area contributed by atoms with Gasteiger partial charge in [0.05, 0.1) is 6.26 Å². The molecule has 0 unspecified atom stereocenters. The van der Waals surface area contributed by atoms with Gasteiger partial charge in [0.2, 0.25) is 0 Å². The van der Waals surface area contributed by atoms with Gasteiger partial charge in [-0.05, 0) is 43.7 Å². The average molecular weight is 375 g/mol. The summed E-state index contributed by atoms with van der Waals surface area (Å²) in [4.78, 5) is 7.54. The van der Waals surface area contributed by atoms with Crippen LogP contribution < -0.4 is 10.6 Å². The van der Waals surface area contributed by atoms with Crippen molar-refractivity contribution in [3.63, 3.8) is 0 Å². The molecule has 0 radical (unpaired) electrons. The van der Waals surface area contributed by atoms with Gasteiger partial charge in [-0.25, -0.2) is 0 Å². The maximum Gasteiger partial charge on any atom is 0.191 e. The lowest BCUT2D eigenvalue weighted by Gasteiger charge is -2.39. The van der Waals surface area contributed by atoms with Gasteiger partial charge in [-0.3, -0.25) is 4.99 Å². The molecule has 152 valence electrons. The number of guanidine groups is 1. The Bertz CT molecular complexity index is 541. The molecule has 0 aromatic carbocycles. The van der Waals surface area contributed by atoms with Crippen LogP contribution in [0, 0.1) is 5.92 Å². The first-order valence-electron chi connectivity index (χ1n) is 11.0. The summed E-state index contributed by atoms with van der Waals surface area (Å²) >= 11 is 0. The van der Waals surface area contributed by atoms with Crippen LogP contribution in [0.1, 0.15) is 64.6 Å². The second kappa shape index (κ2) is 10.7. The Morgan fingerprint density at radius 3 is 2.63 bits per heavy atom. The number of rotatable bonds is 7. The van der Waals surface area contributed by atoms with Gasteiger partial charge in [0.1, 0.15) is 5.76 Å². The van der Waals surface area contributed by atoms with Crippen molar-refractivity contribution in [1.82, 2.24) is 15.5 Å². The van der Waals surface area contributed by atoms with E-state index in [0.717, 1.165) is 37.3 Å². The topological polar surface area (TPSA) is 52.8 Å². The maximum absolute atomic E-state index is 5.43. The average Bonchev–Trinajstić information content (AvgIpc) is 3.21. The van der Waals surface area contributed by atoms with Crippen LogP contribution in [0.5, 0.6) is 0 Å². The molecule has 0 atom stereocenters. The molecule has 0 amide bonds. The van der Waals surface area contributed by atoms with Crippen LogP contribution in [0.3, 0.4) is 0 Å². The summed E-state index contributed by atoms with van der Waals surface area (Å²) in [7, 11) is 0. The fourth-order valence-electron chi connectivity index (χ4n) is 4.23. The zero-order chi connectivity index (χ0) is 18.9. The lowest BCUT2D eigenvalue weighted by atomic mass is 9.92. The number of furan rings is 1. The molecular weight excluding hydrogens is 336 g/mol. The molecule has 2 fully saturated rings. The molecule has 1 saturated carbocycles. The first-order chi connectivity index (χ1) is 13.2. The Balaban J connectivity index is 1.44. The van der Waals surface area contributed by atoms with E-state index in [2.05, 4.69) is 29.4 Å². The Morgan fingerprint density at radius 1 is 1.19 bits per heavy atom. The standard InChI is InChI=1S/C22H38N4O/c1-18(2)17-24-22(23-13-10-21-9-6-16-27-21)25-19-11-14-26(15-12-19)20-7-4-3-5-8-20/h6,9,16,18-20H,3-5,7-8,10-15,17H2,1-2H3,(H2,23,24,25). The lowest BCUT2D eigenvalue weighted by Crippen LogP contribution is -2.51. The van der Waals surface area contributed by atoms with Gasteiger partial charge in [-0.15, -0.1) is 0 Å². The van der Waals surface area contributed by atoms with E-state index in [1.165, 1.54) is 58.0 Å². The van der Waals surface area contributed by atoms with Gasteiger partial charge in [-0.2, -0.15) is 0 Å². The summed E-state index contributed by atoms with van der Waals surface area (Å²) in [5.74, 6) is 2.56. The predicted molar refractivity (Wildman–Crippen MR) is 112 cm³/mol. The molecule has 2 aliphatic rings. The van der Waals surface area contributed by atoms with E-state index in [0.29, 0.717) is 12.0 Å². The van der Waals surface area contributed by atoms with Gasteiger partial charge < -0.3 is 20.0 Å². The molecule has 5 heteroatoms. The first kappa shape index (κ1) is 20.2. The highest BCUT2D eigenvalue weighted by Gasteiger charge is 2.26. The normalized spacial score (nSPS) is 20.9. The number of hydrogen-bond acceptors (Lipinski definition) is 3. The number of nitrogens with zero attached hydrogens (tertiary/aromatic N) is 2. The van der Waals surface area contributed by atoms with E-state index in [1.807, 2.05) is 12.1 Å². The van der Waals surface area contributed by atoms with Crippen molar-refractivity contribution in [3.05, 3.63) is 24.2 Å². The highest BCUT2D eigenvalue weighted by Crippen LogP contribution is 2.25. The molecule has 1 aliphatic carbocycles. The Labute approximate surface area is 165 Å². The van der Waals surface area contributed by atoms with Crippen molar-refractivity contribution >= 4 is 5.96 Å². The third-order valence-corrected chi connectivity index (χ3v) is 5.82. The smallest absolute Gasteiger partial charge is 0.191 e. The molecular formula is C22H38N4O. The molecule has 3 rings (SSSR count). The quantitative estimate of drug-likeness (QED) is 0.563. The van der Waals surface area contributed by atoms with Crippen molar-refractivity contribution in [2.24, 2.45) is 10.9 Å². The molecule has 1 aromatic rings. The lowest BCUT2D eigenvalue weighted by molar-refractivity contribution is 0.119. The van der Waals surface area contributed by atoms with Crippen LogP contribution in [0.2, 0.25) is 0 Å². The second-order valence-corrected chi connectivity index (χ2v) is 8.59. The third-order valence-electron chi connectivity index (χ3n) is 5.82. The third kappa shape index (κ3) is 6.87. The molecule has 2 heterocycles. The Kier molecular flexibility index (Phi) is 8.06. The minimum Gasteiger partial charge on any atom is -0.469 e. The van der Waals surface area contributed by atoms with Crippen molar-refractivity contribution in [2.45, 2.75) is 77.3 Å². The van der Waals surface area contributed by atoms with Crippen LogP contribution in [-0.4, -0.2) is 49.1 Å². The predicted octanol–water partition coefficient (Wildman–Crippen LogP) is 3.81.